The molecule has 0 amide bonds. The maximum atomic E-state index is 6.48. The number of hydrogen-bond acceptors (Lipinski definition) is 3. The third-order valence-electron chi connectivity index (χ3n) is 7.24. The summed E-state index contributed by atoms with van der Waals surface area (Å²) in [5.74, 6) is 1.58. The Morgan fingerprint density at radius 1 is 0.895 bits per heavy atom. The minimum absolute atomic E-state index is 0.275. The summed E-state index contributed by atoms with van der Waals surface area (Å²) in [6, 6.07) is 28.4. The number of allylic oxidation sites excluding steroid dienone is 2. The molecule has 0 unspecified atom stereocenters. The van der Waals surface area contributed by atoms with Crippen LogP contribution in [0.4, 0.5) is 11.4 Å². The first-order chi connectivity index (χ1) is 18.5. The summed E-state index contributed by atoms with van der Waals surface area (Å²) in [6.45, 7) is 0.300. The van der Waals surface area contributed by atoms with E-state index in [1.807, 2.05) is 30.5 Å². The third kappa shape index (κ3) is 5.19. The van der Waals surface area contributed by atoms with Gasteiger partial charge in [-0.3, -0.25) is 4.99 Å². The molecule has 4 aromatic carbocycles. The molecule has 1 aliphatic heterocycles. The number of benzene rings is 4. The lowest BCUT2D eigenvalue weighted by Gasteiger charge is -2.37. The van der Waals surface area contributed by atoms with Crippen molar-refractivity contribution in [3.05, 3.63) is 134 Å². The smallest absolute Gasteiger partial charge is 0.138 e. The molecule has 6 rings (SSSR count). The molecule has 0 saturated carbocycles. The first-order valence-electron chi connectivity index (χ1n) is 12.6. The maximum Gasteiger partial charge on any atom is 0.138 e. The summed E-state index contributed by atoms with van der Waals surface area (Å²) in [5.41, 5.74) is 6.53. The van der Waals surface area contributed by atoms with E-state index >= 15 is 0 Å². The van der Waals surface area contributed by atoms with Crippen LogP contribution < -0.4 is 10.1 Å². The number of hydrogen-bond donors (Lipinski definition) is 1. The van der Waals surface area contributed by atoms with Gasteiger partial charge in [-0.1, -0.05) is 83.4 Å². The van der Waals surface area contributed by atoms with E-state index in [-0.39, 0.29) is 6.04 Å². The molecule has 1 N–H and O–H groups in total. The van der Waals surface area contributed by atoms with E-state index in [0.29, 0.717) is 39.3 Å². The normalized spacial score (nSPS) is 19.7. The Morgan fingerprint density at radius 3 is 2.55 bits per heavy atom. The molecular weight excluding hydrogens is 535 g/mol. The molecule has 0 radical (unpaired) electrons. The van der Waals surface area contributed by atoms with Crippen LogP contribution in [0.1, 0.15) is 40.6 Å². The van der Waals surface area contributed by atoms with E-state index < -0.39 is 0 Å². The highest BCUT2D eigenvalue weighted by Crippen LogP contribution is 2.49. The highest BCUT2D eigenvalue weighted by Gasteiger charge is 2.37. The fourth-order valence-corrected chi connectivity index (χ4v) is 6.01. The summed E-state index contributed by atoms with van der Waals surface area (Å²) in [7, 11) is 0. The fourth-order valence-electron chi connectivity index (χ4n) is 5.30. The van der Waals surface area contributed by atoms with Gasteiger partial charge in [0, 0.05) is 33.4 Å². The summed E-state index contributed by atoms with van der Waals surface area (Å²) in [6.07, 6.45) is 7.58. The predicted molar refractivity (Wildman–Crippen MR) is 159 cm³/mol. The van der Waals surface area contributed by atoms with Crippen LogP contribution in [0.2, 0.25) is 15.1 Å². The average Bonchev–Trinajstić information content (AvgIpc) is 3.43. The summed E-state index contributed by atoms with van der Waals surface area (Å²) >= 11 is 18.7. The lowest BCUT2D eigenvalue weighted by atomic mass is 9.77. The van der Waals surface area contributed by atoms with Gasteiger partial charge in [0.05, 0.1) is 16.8 Å². The topological polar surface area (TPSA) is 33.6 Å². The summed E-state index contributed by atoms with van der Waals surface area (Å²) in [5, 5.41) is 5.44. The molecule has 0 aromatic heterocycles. The van der Waals surface area contributed by atoms with Crippen molar-refractivity contribution >= 4 is 52.4 Å². The van der Waals surface area contributed by atoms with Crippen LogP contribution in [0.3, 0.4) is 0 Å². The molecule has 3 atom stereocenters. The zero-order valence-electron chi connectivity index (χ0n) is 20.5. The molecule has 0 bridgehead atoms. The van der Waals surface area contributed by atoms with E-state index in [1.54, 1.807) is 12.1 Å². The molecule has 0 spiro atoms. The zero-order valence-corrected chi connectivity index (χ0v) is 22.7. The molecular formula is C32H25Cl3N2O. The van der Waals surface area contributed by atoms with Gasteiger partial charge in [-0.25, -0.2) is 0 Å². The van der Waals surface area contributed by atoms with Gasteiger partial charge >= 0.3 is 0 Å². The monoisotopic (exact) mass is 558 g/mol. The average molecular weight is 560 g/mol. The molecule has 2 aliphatic rings. The van der Waals surface area contributed by atoms with Crippen molar-refractivity contribution in [2.75, 3.05) is 5.32 Å². The highest BCUT2D eigenvalue weighted by molar-refractivity contribution is 6.35. The molecule has 38 heavy (non-hydrogen) atoms. The number of nitrogens with zero attached hydrogens (tertiary/aromatic N) is 1. The minimum atomic E-state index is 0.275. The molecule has 1 aliphatic carbocycles. The summed E-state index contributed by atoms with van der Waals surface area (Å²) in [4.78, 5) is 4.66. The Kier molecular flexibility index (Phi) is 7.16. The van der Waals surface area contributed by atoms with E-state index in [9.17, 15) is 0 Å². The minimum Gasteiger partial charge on any atom is -0.487 e. The molecule has 0 fully saturated rings. The molecule has 0 saturated heterocycles. The Hall–Kier alpha value is -3.24. The van der Waals surface area contributed by atoms with Crippen LogP contribution in [-0.4, -0.2) is 6.21 Å². The largest absolute Gasteiger partial charge is 0.487 e. The summed E-state index contributed by atoms with van der Waals surface area (Å²) < 4.78 is 5.87. The van der Waals surface area contributed by atoms with E-state index in [2.05, 4.69) is 71.0 Å². The zero-order chi connectivity index (χ0) is 26.1. The first-order valence-corrected chi connectivity index (χ1v) is 13.7. The standard InChI is InChI=1S/C32H25Cl3N2O/c33-23-12-9-22(28(34)17-23)19-38-31-15-8-20(16-29(31)35)18-36-24-13-10-21(11-14-24)32-27-6-3-5-25(27)26-4-1-2-7-30(26)37-32/h1-5,7-18,25,27,32,37H,6,19H2/t25-,27+,32-/m0/s1. The van der Waals surface area contributed by atoms with Gasteiger partial charge in [0.15, 0.2) is 0 Å². The van der Waals surface area contributed by atoms with Crippen molar-refractivity contribution in [2.45, 2.75) is 25.0 Å². The van der Waals surface area contributed by atoms with Crippen molar-refractivity contribution in [1.29, 1.82) is 0 Å². The lowest BCUT2D eigenvalue weighted by molar-refractivity contribution is 0.306. The van der Waals surface area contributed by atoms with Crippen LogP contribution in [-0.2, 0) is 6.61 Å². The lowest BCUT2D eigenvalue weighted by Crippen LogP contribution is -2.28. The van der Waals surface area contributed by atoms with Crippen molar-refractivity contribution in [3.63, 3.8) is 0 Å². The Bertz CT molecular complexity index is 1530. The Morgan fingerprint density at radius 2 is 1.74 bits per heavy atom. The van der Waals surface area contributed by atoms with Crippen LogP contribution in [0.25, 0.3) is 0 Å². The van der Waals surface area contributed by atoms with Gasteiger partial charge in [-0.2, -0.15) is 0 Å². The number of nitrogens with one attached hydrogen (secondary N) is 1. The van der Waals surface area contributed by atoms with Crippen LogP contribution in [0, 0.1) is 5.92 Å². The number of fused-ring (bicyclic) bond motifs is 3. The van der Waals surface area contributed by atoms with E-state index in [1.165, 1.54) is 16.8 Å². The van der Waals surface area contributed by atoms with Gasteiger partial charge in [0.1, 0.15) is 12.4 Å². The van der Waals surface area contributed by atoms with Crippen molar-refractivity contribution in [2.24, 2.45) is 10.9 Å². The van der Waals surface area contributed by atoms with Crippen molar-refractivity contribution in [1.82, 2.24) is 0 Å². The van der Waals surface area contributed by atoms with Crippen LogP contribution in [0.15, 0.2) is 102 Å². The van der Waals surface area contributed by atoms with E-state index in [0.717, 1.165) is 23.2 Å². The molecule has 190 valence electrons. The Balaban J connectivity index is 1.12. The number of rotatable bonds is 6. The third-order valence-corrected chi connectivity index (χ3v) is 8.12. The predicted octanol–water partition coefficient (Wildman–Crippen LogP) is 9.80. The molecule has 3 nitrogen and oxygen atoms in total. The SMILES string of the molecule is Clc1ccc(COc2ccc(C=Nc3ccc([C@@H]4Nc5ccccc5[C@@H]5C=CC[C@H]54)cc3)cc2Cl)c(Cl)c1. The second-order valence-corrected chi connectivity index (χ2v) is 10.9. The number of para-hydroxylation sites is 1. The molecule has 4 aromatic rings. The number of ether oxygens (including phenoxy) is 1. The van der Waals surface area contributed by atoms with Gasteiger partial charge in [-0.15, -0.1) is 0 Å². The number of anilines is 1. The second kappa shape index (κ2) is 10.9. The number of aliphatic imine (C=N–C) groups is 1. The quantitative estimate of drug-likeness (QED) is 0.188. The highest BCUT2D eigenvalue weighted by atomic mass is 35.5. The van der Waals surface area contributed by atoms with E-state index in [4.69, 9.17) is 39.5 Å². The Labute approximate surface area is 237 Å². The number of halogens is 3. The van der Waals surface area contributed by atoms with Gasteiger partial charge in [-0.05, 0) is 77.6 Å². The van der Waals surface area contributed by atoms with Crippen molar-refractivity contribution < 1.29 is 4.74 Å². The van der Waals surface area contributed by atoms with Gasteiger partial charge < -0.3 is 10.1 Å². The maximum absolute atomic E-state index is 6.48. The van der Waals surface area contributed by atoms with Crippen LogP contribution in [0.5, 0.6) is 5.75 Å². The van der Waals surface area contributed by atoms with Gasteiger partial charge in [0.25, 0.3) is 0 Å². The first kappa shape index (κ1) is 25.1. The molecule has 6 heteroatoms. The fraction of sp³-hybridized carbons (Fsp3) is 0.156. The van der Waals surface area contributed by atoms with Crippen molar-refractivity contribution in [3.8, 4) is 5.75 Å². The van der Waals surface area contributed by atoms with Gasteiger partial charge in [0.2, 0.25) is 0 Å². The molecule has 1 heterocycles. The van der Waals surface area contributed by atoms with Crippen LogP contribution >= 0.6 is 34.8 Å². The second-order valence-electron chi connectivity index (χ2n) is 9.63.